The first-order valence-electron chi connectivity index (χ1n) is 6.27. The molecule has 3 N–H and O–H groups in total. The van der Waals surface area contributed by atoms with Gasteiger partial charge in [0.1, 0.15) is 0 Å². The maximum absolute atomic E-state index is 9.60. The zero-order valence-electron chi connectivity index (χ0n) is 11.2. The molecular formula is C12H27NO4. The summed E-state index contributed by atoms with van der Waals surface area (Å²) in [6.07, 6.45) is 0.703. The van der Waals surface area contributed by atoms with Crippen molar-refractivity contribution in [3.05, 3.63) is 0 Å². The van der Waals surface area contributed by atoms with Crippen LogP contribution in [0.1, 0.15) is 26.7 Å². The molecule has 0 heterocycles. The molecule has 0 bridgehead atoms. The smallest absolute Gasteiger partial charge is 0.0897 e. The first-order chi connectivity index (χ1) is 8.10. The van der Waals surface area contributed by atoms with E-state index in [-0.39, 0.29) is 12.2 Å². The zero-order chi connectivity index (χ0) is 13.1. The Kier molecular flexibility index (Phi) is 10.8. The predicted octanol–water partition coefficient (Wildman–Crippen LogP) is 0.149. The highest BCUT2D eigenvalue weighted by atomic mass is 16.5. The SMILES string of the molecule is CCC(O)CCNCC(O)COC(C)COC. The van der Waals surface area contributed by atoms with Crippen LogP contribution in [0.25, 0.3) is 0 Å². The molecule has 5 nitrogen and oxygen atoms in total. The summed E-state index contributed by atoms with van der Waals surface area (Å²) in [5, 5.41) is 22.0. The van der Waals surface area contributed by atoms with Crippen molar-refractivity contribution in [2.45, 2.75) is 45.0 Å². The molecule has 17 heavy (non-hydrogen) atoms. The molecule has 0 aliphatic rings. The van der Waals surface area contributed by atoms with Crippen molar-refractivity contribution in [1.29, 1.82) is 0 Å². The van der Waals surface area contributed by atoms with Gasteiger partial charge in [0, 0.05) is 13.7 Å². The highest BCUT2D eigenvalue weighted by Crippen LogP contribution is 1.95. The maximum atomic E-state index is 9.60. The second-order valence-corrected chi connectivity index (χ2v) is 4.31. The van der Waals surface area contributed by atoms with Crippen molar-refractivity contribution in [2.75, 3.05) is 33.4 Å². The van der Waals surface area contributed by atoms with Crippen LogP contribution in [0, 0.1) is 0 Å². The Bertz CT molecular complexity index is 169. The van der Waals surface area contributed by atoms with Crippen LogP contribution >= 0.6 is 0 Å². The van der Waals surface area contributed by atoms with Gasteiger partial charge in [-0.15, -0.1) is 0 Å². The van der Waals surface area contributed by atoms with Gasteiger partial charge in [0.15, 0.2) is 0 Å². The summed E-state index contributed by atoms with van der Waals surface area (Å²) in [4.78, 5) is 0. The van der Waals surface area contributed by atoms with Gasteiger partial charge in [0.25, 0.3) is 0 Å². The Hall–Kier alpha value is -0.200. The normalized spacial score (nSPS) is 16.8. The molecule has 0 fully saturated rings. The van der Waals surface area contributed by atoms with E-state index < -0.39 is 6.10 Å². The van der Waals surface area contributed by atoms with E-state index in [0.29, 0.717) is 32.7 Å². The van der Waals surface area contributed by atoms with Crippen molar-refractivity contribution in [2.24, 2.45) is 0 Å². The van der Waals surface area contributed by atoms with Crippen LogP contribution in [-0.2, 0) is 9.47 Å². The zero-order valence-corrected chi connectivity index (χ0v) is 11.2. The van der Waals surface area contributed by atoms with Gasteiger partial charge in [0.2, 0.25) is 0 Å². The van der Waals surface area contributed by atoms with Crippen LogP contribution in [0.2, 0.25) is 0 Å². The number of hydrogen-bond donors (Lipinski definition) is 3. The molecule has 0 saturated carbocycles. The number of aliphatic hydroxyl groups is 2. The summed E-state index contributed by atoms with van der Waals surface area (Å²) in [6.45, 7) is 5.87. The molecule has 0 radical (unpaired) electrons. The molecule has 0 spiro atoms. The van der Waals surface area contributed by atoms with Gasteiger partial charge >= 0.3 is 0 Å². The Morgan fingerprint density at radius 2 is 1.88 bits per heavy atom. The Morgan fingerprint density at radius 1 is 1.18 bits per heavy atom. The Morgan fingerprint density at radius 3 is 2.47 bits per heavy atom. The highest BCUT2D eigenvalue weighted by Gasteiger charge is 2.08. The summed E-state index contributed by atoms with van der Waals surface area (Å²) in [5.74, 6) is 0. The van der Waals surface area contributed by atoms with Crippen molar-refractivity contribution < 1.29 is 19.7 Å². The Labute approximate surface area is 104 Å². The molecule has 0 aliphatic heterocycles. The van der Waals surface area contributed by atoms with Gasteiger partial charge in [-0.25, -0.2) is 0 Å². The monoisotopic (exact) mass is 249 g/mol. The molecule has 0 saturated heterocycles. The van der Waals surface area contributed by atoms with Gasteiger partial charge in [-0.2, -0.15) is 0 Å². The second-order valence-electron chi connectivity index (χ2n) is 4.31. The molecule has 0 rings (SSSR count). The van der Waals surface area contributed by atoms with Gasteiger partial charge in [-0.3, -0.25) is 0 Å². The Balaban J connectivity index is 3.37. The first-order valence-corrected chi connectivity index (χ1v) is 6.27. The third-order valence-corrected chi connectivity index (χ3v) is 2.48. The predicted molar refractivity (Wildman–Crippen MR) is 67.1 cm³/mol. The number of ether oxygens (including phenoxy) is 2. The lowest BCUT2D eigenvalue weighted by molar-refractivity contribution is -0.0311. The quantitative estimate of drug-likeness (QED) is 0.455. The van der Waals surface area contributed by atoms with Gasteiger partial charge in [-0.05, 0) is 26.3 Å². The summed E-state index contributed by atoms with van der Waals surface area (Å²) in [7, 11) is 1.62. The summed E-state index contributed by atoms with van der Waals surface area (Å²) in [5.41, 5.74) is 0. The lowest BCUT2D eigenvalue weighted by Gasteiger charge is -2.16. The summed E-state index contributed by atoms with van der Waals surface area (Å²) < 4.78 is 10.3. The minimum atomic E-state index is -0.520. The van der Waals surface area contributed by atoms with Crippen LogP contribution in [0.3, 0.4) is 0 Å². The van der Waals surface area contributed by atoms with Gasteiger partial charge in [-0.1, -0.05) is 6.92 Å². The fourth-order valence-electron chi connectivity index (χ4n) is 1.36. The molecule has 104 valence electrons. The summed E-state index contributed by atoms with van der Waals surface area (Å²) in [6, 6.07) is 0. The number of nitrogens with one attached hydrogen (secondary N) is 1. The molecule has 0 aromatic heterocycles. The van der Waals surface area contributed by atoms with Crippen molar-refractivity contribution in [3.63, 3.8) is 0 Å². The van der Waals surface area contributed by atoms with Crippen LogP contribution in [-0.4, -0.2) is 61.9 Å². The van der Waals surface area contributed by atoms with Crippen molar-refractivity contribution in [1.82, 2.24) is 5.32 Å². The lowest BCUT2D eigenvalue weighted by Crippen LogP contribution is -2.33. The number of aliphatic hydroxyl groups excluding tert-OH is 2. The van der Waals surface area contributed by atoms with E-state index >= 15 is 0 Å². The lowest BCUT2D eigenvalue weighted by atomic mass is 10.2. The molecule has 3 atom stereocenters. The van der Waals surface area contributed by atoms with E-state index in [4.69, 9.17) is 9.47 Å². The first kappa shape index (κ1) is 16.8. The summed E-state index contributed by atoms with van der Waals surface area (Å²) >= 11 is 0. The van der Waals surface area contributed by atoms with E-state index in [2.05, 4.69) is 5.32 Å². The van der Waals surface area contributed by atoms with Gasteiger partial charge in [0.05, 0.1) is 31.5 Å². The fourth-order valence-corrected chi connectivity index (χ4v) is 1.36. The average molecular weight is 249 g/mol. The van der Waals surface area contributed by atoms with Crippen LogP contribution < -0.4 is 5.32 Å². The van der Waals surface area contributed by atoms with Crippen molar-refractivity contribution >= 4 is 0 Å². The van der Waals surface area contributed by atoms with E-state index in [9.17, 15) is 10.2 Å². The fraction of sp³-hybridized carbons (Fsp3) is 1.00. The molecular weight excluding hydrogens is 222 g/mol. The third kappa shape index (κ3) is 10.7. The average Bonchev–Trinajstić information content (AvgIpc) is 2.32. The standard InChI is InChI=1S/C12H27NO4/c1-4-11(14)5-6-13-7-12(15)9-17-10(2)8-16-3/h10-15H,4-9H2,1-3H3. The van der Waals surface area contributed by atoms with E-state index in [1.807, 2.05) is 13.8 Å². The number of rotatable bonds is 11. The van der Waals surface area contributed by atoms with Crippen LogP contribution in [0.15, 0.2) is 0 Å². The minimum Gasteiger partial charge on any atom is -0.393 e. The molecule has 0 aromatic carbocycles. The number of hydrogen-bond acceptors (Lipinski definition) is 5. The molecule has 5 heteroatoms. The third-order valence-electron chi connectivity index (χ3n) is 2.48. The van der Waals surface area contributed by atoms with E-state index in [0.717, 1.165) is 6.42 Å². The molecule has 0 amide bonds. The van der Waals surface area contributed by atoms with Gasteiger partial charge < -0.3 is 25.0 Å². The molecule has 0 aromatic rings. The molecule has 3 unspecified atom stereocenters. The largest absolute Gasteiger partial charge is 0.393 e. The second kappa shape index (κ2) is 10.9. The van der Waals surface area contributed by atoms with Crippen LogP contribution in [0.5, 0.6) is 0 Å². The number of methoxy groups -OCH3 is 1. The minimum absolute atomic E-state index is 0.00318. The van der Waals surface area contributed by atoms with E-state index in [1.165, 1.54) is 0 Å². The topological polar surface area (TPSA) is 71.0 Å². The van der Waals surface area contributed by atoms with Crippen LogP contribution in [0.4, 0.5) is 0 Å². The van der Waals surface area contributed by atoms with Crippen molar-refractivity contribution in [3.8, 4) is 0 Å². The van der Waals surface area contributed by atoms with E-state index in [1.54, 1.807) is 7.11 Å². The molecule has 0 aliphatic carbocycles. The maximum Gasteiger partial charge on any atom is 0.0897 e. The highest BCUT2D eigenvalue weighted by molar-refractivity contribution is 4.61.